The van der Waals surface area contributed by atoms with Crippen molar-refractivity contribution in [1.29, 1.82) is 0 Å². The molecule has 1 aliphatic rings. The second-order valence-corrected chi connectivity index (χ2v) is 8.11. The summed E-state index contributed by atoms with van der Waals surface area (Å²) in [5, 5.41) is 13.2. The fourth-order valence-electron chi connectivity index (χ4n) is 3.74. The number of imide groups is 1. The van der Waals surface area contributed by atoms with Crippen LogP contribution in [0.15, 0.2) is 60.0 Å². The molecule has 0 radical (unpaired) electrons. The second-order valence-electron chi connectivity index (χ2n) is 7.16. The van der Waals surface area contributed by atoms with Crippen LogP contribution < -0.4 is 16.0 Å². The van der Waals surface area contributed by atoms with Crippen LogP contribution in [0, 0.1) is 0 Å². The van der Waals surface area contributed by atoms with Crippen molar-refractivity contribution in [1.82, 2.24) is 16.0 Å². The number of hydrogen-bond donors (Lipinski definition) is 3. The normalized spacial score (nSPS) is 19.3. The molecule has 1 aliphatic heterocycles. The Morgan fingerprint density at radius 2 is 1.93 bits per heavy atom. The Kier molecular flexibility index (Phi) is 5.69. The van der Waals surface area contributed by atoms with Gasteiger partial charge in [0.1, 0.15) is 0 Å². The molecule has 6 heteroatoms. The van der Waals surface area contributed by atoms with Crippen molar-refractivity contribution in [3.05, 3.63) is 70.4 Å². The predicted molar refractivity (Wildman–Crippen MR) is 113 cm³/mol. The molecule has 0 aliphatic carbocycles. The lowest BCUT2D eigenvalue weighted by atomic mass is 9.93. The number of amides is 3. The number of piperidine rings is 1. The van der Waals surface area contributed by atoms with E-state index >= 15 is 0 Å². The van der Waals surface area contributed by atoms with Crippen molar-refractivity contribution in [2.24, 2.45) is 0 Å². The highest BCUT2D eigenvalue weighted by Gasteiger charge is 2.24. The van der Waals surface area contributed by atoms with Gasteiger partial charge in [0.25, 0.3) is 5.91 Å². The molecular weight excluding hydrogens is 370 g/mol. The van der Waals surface area contributed by atoms with Crippen molar-refractivity contribution in [3.8, 4) is 0 Å². The Morgan fingerprint density at radius 3 is 2.75 bits per heavy atom. The maximum absolute atomic E-state index is 12.2. The van der Waals surface area contributed by atoms with Gasteiger partial charge in [0, 0.05) is 12.1 Å². The van der Waals surface area contributed by atoms with Crippen LogP contribution in [0.4, 0.5) is 4.79 Å². The zero-order valence-corrected chi connectivity index (χ0v) is 16.3. The summed E-state index contributed by atoms with van der Waals surface area (Å²) < 4.78 is 0. The van der Waals surface area contributed by atoms with Crippen LogP contribution in [0.2, 0.25) is 0 Å². The van der Waals surface area contributed by atoms with Gasteiger partial charge in [0.05, 0.1) is 4.88 Å². The van der Waals surface area contributed by atoms with Crippen LogP contribution in [0.25, 0.3) is 10.8 Å². The molecule has 144 valence electrons. The van der Waals surface area contributed by atoms with Crippen molar-refractivity contribution >= 4 is 34.0 Å². The zero-order valence-electron chi connectivity index (χ0n) is 15.5. The van der Waals surface area contributed by atoms with Gasteiger partial charge in [0.15, 0.2) is 0 Å². The third kappa shape index (κ3) is 4.58. The number of thiophene rings is 1. The Labute approximate surface area is 168 Å². The highest BCUT2D eigenvalue weighted by atomic mass is 32.1. The van der Waals surface area contributed by atoms with E-state index in [0.29, 0.717) is 10.9 Å². The van der Waals surface area contributed by atoms with E-state index < -0.39 is 6.03 Å². The molecule has 3 amide bonds. The van der Waals surface area contributed by atoms with Crippen LogP contribution in [0.3, 0.4) is 0 Å². The number of urea groups is 1. The number of carbonyl (C=O) groups is 2. The quantitative estimate of drug-likeness (QED) is 0.633. The lowest BCUT2D eigenvalue weighted by molar-refractivity contribution is 0.0966. The average Bonchev–Trinajstić information content (AvgIpc) is 3.23. The first-order valence-corrected chi connectivity index (χ1v) is 10.4. The fourth-order valence-corrected chi connectivity index (χ4v) is 4.36. The van der Waals surface area contributed by atoms with Crippen LogP contribution in [0.5, 0.6) is 0 Å². The molecule has 1 fully saturated rings. The smallest absolute Gasteiger partial charge is 0.321 e. The highest BCUT2D eigenvalue weighted by Crippen LogP contribution is 2.19. The minimum absolute atomic E-state index is 0.0582. The molecule has 3 N–H and O–H groups in total. The van der Waals surface area contributed by atoms with Crippen molar-refractivity contribution < 1.29 is 9.59 Å². The molecule has 1 aromatic heterocycles. The van der Waals surface area contributed by atoms with Crippen molar-refractivity contribution in [2.45, 2.75) is 31.3 Å². The minimum atomic E-state index is -0.422. The Balaban J connectivity index is 1.32. The largest absolute Gasteiger partial charge is 0.335 e. The number of benzene rings is 2. The number of fused-ring (bicyclic) bond motifs is 1. The topological polar surface area (TPSA) is 70.2 Å². The molecule has 5 nitrogen and oxygen atoms in total. The SMILES string of the molecule is O=C(NC(=O)c1cccs1)NC1CCNC(Cc2ccc3ccccc3c2)C1. The van der Waals surface area contributed by atoms with Crippen LogP contribution in [0.1, 0.15) is 28.1 Å². The van der Waals surface area contributed by atoms with Crippen LogP contribution >= 0.6 is 11.3 Å². The first kappa shape index (κ1) is 18.7. The van der Waals surface area contributed by atoms with Gasteiger partial charge in [-0.3, -0.25) is 10.1 Å². The van der Waals surface area contributed by atoms with Crippen LogP contribution in [-0.2, 0) is 6.42 Å². The summed E-state index contributed by atoms with van der Waals surface area (Å²) in [6.45, 7) is 0.849. The zero-order chi connectivity index (χ0) is 19.3. The van der Waals surface area contributed by atoms with Crippen molar-refractivity contribution in [3.63, 3.8) is 0 Å². The average molecular weight is 394 g/mol. The third-order valence-corrected chi connectivity index (χ3v) is 5.97. The van der Waals surface area contributed by atoms with Gasteiger partial charge in [-0.2, -0.15) is 0 Å². The first-order chi connectivity index (χ1) is 13.7. The number of carbonyl (C=O) groups excluding carboxylic acids is 2. The number of hydrogen-bond acceptors (Lipinski definition) is 4. The van der Waals surface area contributed by atoms with E-state index in [4.69, 9.17) is 0 Å². The second kappa shape index (κ2) is 8.54. The predicted octanol–water partition coefficient (Wildman–Crippen LogP) is 3.70. The van der Waals surface area contributed by atoms with E-state index in [1.807, 2.05) is 5.38 Å². The maximum atomic E-state index is 12.2. The van der Waals surface area contributed by atoms with Gasteiger partial charge in [-0.05, 0) is 53.6 Å². The van der Waals surface area contributed by atoms with E-state index in [1.165, 1.54) is 27.7 Å². The number of nitrogens with one attached hydrogen (secondary N) is 3. The third-order valence-electron chi connectivity index (χ3n) is 5.10. The summed E-state index contributed by atoms with van der Waals surface area (Å²) in [6, 6.07) is 18.4. The number of rotatable bonds is 4. The summed E-state index contributed by atoms with van der Waals surface area (Å²) >= 11 is 1.32. The summed E-state index contributed by atoms with van der Waals surface area (Å²) in [4.78, 5) is 24.7. The molecule has 2 aromatic carbocycles. The van der Waals surface area contributed by atoms with Gasteiger partial charge in [-0.1, -0.05) is 48.5 Å². The van der Waals surface area contributed by atoms with Gasteiger partial charge >= 0.3 is 6.03 Å². The molecule has 0 bridgehead atoms. The standard InChI is InChI=1S/C22H23N3O2S/c26-21(20-6-3-11-28-20)25-22(27)24-18-9-10-23-19(14-18)13-15-7-8-16-4-1-2-5-17(16)12-15/h1-8,11-12,18-19,23H,9-10,13-14H2,(H2,24,25,26,27). The Morgan fingerprint density at radius 1 is 1.07 bits per heavy atom. The fraction of sp³-hybridized carbons (Fsp3) is 0.273. The summed E-state index contributed by atoms with van der Waals surface area (Å²) in [6.07, 6.45) is 2.61. The summed E-state index contributed by atoms with van der Waals surface area (Å²) in [5.74, 6) is -0.353. The highest BCUT2D eigenvalue weighted by molar-refractivity contribution is 7.12. The molecule has 0 saturated carbocycles. The Hall–Kier alpha value is -2.70. The van der Waals surface area contributed by atoms with E-state index in [2.05, 4.69) is 58.4 Å². The van der Waals surface area contributed by atoms with Gasteiger partial charge in [-0.25, -0.2) is 4.79 Å². The maximum Gasteiger partial charge on any atom is 0.321 e. The van der Waals surface area contributed by atoms with Crippen molar-refractivity contribution in [2.75, 3.05) is 6.54 Å². The molecule has 1 saturated heterocycles. The first-order valence-electron chi connectivity index (χ1n) is 9.54. The van der Waals surface area contributed by atoms with E-state index in [1.54, 1.807) is 12.1 Å². The minimum Gasteiger partial charge on any atom is -0.335 e. The van der Waals surface area contributed by atoms with Gasteiger partial charge in [0.2, 0.25) is 0 Å². The molecule has 4 rings (SSSR count). The molecule has 2 heterocycles. The molecular formula is C22H23N3O2S. The monoisotopic (exact) mass is 393 g/mol. The lowest BCUT2D eigenvalue weighted by Gasteiger charge is -2.31. The lowest BCUT2D eigenvalue weighted by Crippen LogP contribution is -2.51. The van der Waals surface area contributed by atoms with E-state index in [9.17, 15) is 9.59 Å². The van der Waals surface area contributed by atoms with E-state index in [0.717, 1.165) is 25.8 Å². The Bertz CT molecular complexity index is 971. The van der Waals surface area contributed by atoms with Crippen LogP contribution in [-0.4, -0.2) is 30.6 Å². The molecule has 2 unspecified atom stereocenters. The molecule has 3 aromatic rings. The molecule has 0 spiro atoms. The molecule has 2 atom stereocenters. The van der Waals surface area contributed by atoms with E-state index in [-0.39, 0.29) is 11.9 Å². The summed E-state index contributed by atoms with van der Waals surface area (Å²) in [5.41, 5.74) is 1.29. The summed E-state index contributed by atoms with van der Waals surface area (Å²) in [7, 11) is 0. The van der Waals surface area contributed by atoms with Gasteiger partial charge in [-0.15, -0.1) is 11.3 Å². The van der Waals surface area contributed by atoms with Gasteiger partial charge < -0.3 is 10.6 Å². The molecule has 28 heavy (non-hydrogen) atoms.